The van der Waals surface area contributed by atoms with Crippen molar-refractivity contribution in [2.45, 2.75) is 39.0 Å². The first-order chi connectivity index (χ1) is 13.7. The van der Waals surface area contributed by atoms with Gasteiger partial charge in [0.1, 0.15) is 10.6 Å². The van der Waals surface area contributed by atoms with E-state index in [0.717, 1.165) is 30.8 Å². The molecule has 5 nitrogen and oxygen atoms in total. The minimum Gasteiger partial charge on any atom is -0.462 e. The van der Waals surface area contributed by atoms with Gasteiger partial charge in [-0.05, 0) is 38.2 Å². The smallest absolute Gasteiger partial charge is 0.341 e. The van der Waals surface area contributed by atoms with E-state index in [4.69, 9.17) is 4.74 Å². The summed E-state index contributed by atoms with van der Waals surface area (Å²) >= 11 is 1.38. The van der Waals surface area contributed by atoms with Crippen LogP contribution in [0, 0.1) is 0 Å². The highest BCUT2D eigenvalue weighted by molar-refractivity contribution is 7.15. The molecule has 0 unspecified atom stereocenters. The van der Waals surface area contributed by atoms with Crippen molar-refractivity contribution in [3.05, 3.63) is 41.3 Å². The Bertz CT molecular complexity index is 780. The second-order valence-corrected chi connectivity index (χ2v) is 8.03. The van der Waals surface area contributed by atoms with Gasteiger partial charge in [-0.25, -0.2) is 4.79 Å². The maximum Gasteiger partial charge on any atom is 0.341 e. The summed E-state index contributed by atoms with van der Waals surface area (Å²) in [6.45, 7) is 5.23. The maximum atomic E-state index is 12.6. The number of thiophene rings is 1. The van der Waals surface area contributed by atoms with E-state index >= 15 is 0 Å². The number of nitrogens with one attached hydrogen (secondary N) is 2. The average molecular weight is 402 g/mol. The summed E-state index contributed by atoms with van der Waals surface area (Å²) in [5, 5.41) is 5.45. The summed E-state index contributed by atoms with van der Waals surface area (Å²) in [4.78, 5) is 26.6. The molecular weight excluding hydrogens is 372 g/mol. The second kappa shape index (κ2) is 10.4. The summed E-state index contributed by atoms with van der Waals surface area (Å²) < 4.78 is 5.25. The standard InChI is InChI=1S/C22H28N2O3S/c1-2-27-22(26)20-18(17-10-6-5-7-11-17)16-28-21(20)23-19(25)12-15-24-13-8-3-4-9-14-24/h5-7,10-11,16H,2-4,8-9,12-15H2,1H3,(H,23,25)/p+1. The number of hydrogen-bond acceptors (Lipinski definition) is 4. The first-order valence-corrected chi connectivity index (χ1v) is 11.0. The van der Waals surface area contributed by atoms with Crippen molar-refractivity contribution in [1.82, 2.24) is 0 Å². The van der Waals surface area contributed by atoms with Crippen LogP contribution in [0.25, 0.3) is 11.1 Å². The Labute approximate surface area is 170 Å². The number of likely N-dealkylation sites (tertiary alicyclic amines) is 1. The molecule has 28 heavy (non-hydrogen) atoms. The van der Waals surface area contributed by atoms with E-state index < -0.39 is 5.97 Å². The van der Waals surface area contributed by atoms with E-state index in [1.807, 2.05) is 35.7 Å². The molecule has 1 aliphatic rings. The number of ether oxygens (including phenoxy) is 1. The van der Waals surface area contributed by atoms with Gasteiger partial charge in [0.15, 0.2) is 0 Å². The first kappa shape index (κ1) is 20.6. The number of benzene rings is 1. The molecule has 0 atom stereocenters. The van der Waals surface area contributed by atoms with Gasteiger partial charge in [0.2, 0.25) is 5.91 Å². The molecule has 1 aliphatic heterocycles. The topological polar surface area (TPSA) is 59.8 Å². The Kier molecular flexibility index (Phi) is 7.62. The van der Waals surface area contributed by atoms with Gasteiger partial charge in [0.25, 0.3) is 0 Å². The molecule has 150 valence electrons. The Balaban J connectivity index is 1.71. The highest BCUT2D eigenvalue weighted by Crippen LogP contribution is 2.36. The van der Waals surface area contributed by atoms with Crippen molar-refractivity contribution in [1.29, 1.82) is 0 Å². The predicted molar refractivity (Wildman–Crippen MR) is 113 cm³/mol. The van der Waals surface area contributed by atoms with Crippen molar-refractivity contribution in [3.8, 4) is 11.1 Å². The van der Waals surface area contributed by atoms with E-state index in [-0.39, 0.29) is 5.91 Å². The number of quaternary nitrogens is 1. The largest absolute Gasteiger partial charge is 0.462 e. The van der Waals surface area contributed by atoms with Crippen molar-refractivity contribution >= 4 is 28.2 Å². The van der Waals surface area contributed by atoms with Crippen LogP contribution in [-0.2, 0) is 9.53 Å². The number of carbonyl (C=O) groups excluding carboxylic acids is 2. The summed E-state index contributed by atoms with van der Waals surface area (Å²) in [5.74, 6) is -0.431. The lowest BCUT2D eigenvalue weighted by Gasteiger charge is -2.16. The number of rotatable bonds is 7. The van der Waals surface area contributed by atoms with Crippen LogP contribution in [-0.4, -0.2) is 38.1 Å². The van der Waals surface area contributed by atoms with Gasteiger partial charge in [0, 0.05) is 10.9 Å². The zero-order valence-electron chi connectivity index (χ0n) is 16.5. The zero-order valence-corrected chi connectivity index (χ0v) is 17.3. The molecule has 2 aromatic rings. The van der Waals surface area contributed by atoms with Crippen LogP contribution in [0.2, 0.25) is 0 Å². The first-order valence-electron chi connectivity index (χ1n) is 10.2. The summed E-state index contributed by atoms with van der Waals surface area (Å²) in [5.41, 5.74) is 2.20. The van der Waals surface area contributed by atoms with Gasteiger partial charge >= 0.3 is 5.97 Å². The minimum absolute atomic E-state index is 0.0382. The van der Waals surface area contributed by atoms with Crippen LogP contribution in [0.15, 0.2) is 35.7 Å². The summed E-state index contributed by atoms with van der Waals surface area (Å²) in [6, 6.07) is 9.72. The maximum absolute atomic E-state index is 12.6. The molecule has 0 bridgehead atoms. The fourth-order valence-electron chi connectivity index (χ4n) is 3.64. The second-order valence-electron chi connectivity index (χ2n) is 7.15. The Morgan fingerprint density at radius 2 is 1.82 bits per heavy atom. The van der Waals surface area contributed by atoms with Crippen molar-refractivity contribution in [2.75, 3.05) is 31.6 Å². The van der Waals surface area contributed by atoms with Crippen LogP contribution in [0.1, 0.15) is 49.4 Å². The van der Waals surface area contributed by atoms with Gasteiger partial charge in [-0.2, -0.15) is 0 Å². The Hall–Kier alpha value is -2.18. The van der Waals surface area contributed by atoms with Crippen molar-refractivity contribution in [3.63, 3.8) is 0 Å². The van der Waals surface area contributed by atoms with E-state index in [1.54, 1.807) is 6.92 Å². The monoisotopic (exact) mass is 401 g/mol. The third-order valence-electron chi connectivity index (χ3n) is 5.12. The Morgan fingerprint density at radius 3 is 2.50 bits per heavy atom. The normalized spacial score (nSPS) is 15.0. The predicted octanol–water partition coefficient (Wildman–Crippen LogP) is 3.38. The molecule has 6 heteroatoms. The fraction of sp³-hybridized carbons (Fsp3) is 0.455. The van der Waals surface area contributed by atoms with Gasteiger partial charge in [-0.3, -0.25) is 4.79 Å². The van der Waals surface area contributed by atoms with Gasteiger partial charge in [-0.15, -0.1) is 11.3 Å². The molecule has 1 fully saturated rings. The Morgan fingerprint density at radius 1 is 1.11 bits per heavy atom. The molecule has 1 aromatic heterocycles. The highest BCUT2D eigenvalue weighted by atomic mass is 32.1. The zero-order chi connectivity index (χ0) is 19.8. The molecule has 3 rings (SSSR count). The van der Waals surface area contributed by atoms with Crippen LogP contribution < -0.4 is 10.2 Å². The molecule has 2 heterocycles. The molecule has 0 spiro atoms. The van der Waals surface area contributed by atoms with Crippen LogP contribution in [0.5, 0.6) is 0 Å². The lowest BCUT2D eigenvalue weighted by molar-refractivity contribution is -0.898. The molecule has 0 aliphatic carbocycles. The summed E-state index contributed by atoms with van der Waals surface area (Å²) in [7, 11) is 0. The lowest BCUT2D eigenvalue weighted by atomic mass is 10.0. The van der Waals surface area contributed by atoms with Crippen LogP contribution in [0.4, 0.5) is 5.00 Å². The van der Waals surface area contributed by atoms with E-state index in [0.29, 0.717) is 23.6 Å². The molecule has 1 aromatic carbocycles. The fourth-order valence-corrected chi connectivity index (χ4v) is 4.62. The SMILES string of the molecule is CCOC(=O)c1c(-c2ccccc2)csc1NC(=O)CC[NH+]1CCCCCC1. The van der Waals surface area contributed by atoms with E-state index in [2.05, 4.69) is 5.32 Å². The molecule has 2 N–H and O–H groups in total. The molecular formula is C22H29N2O3S+. The van der Waals surface area contributed by atoms with Crippen LogP contribution in [0.3, 0.4) is 0 Å². The molecule has 1 amide bonds. The van der Waals surface area contributed by atoms with Gasteiger partial charge in [0.05, 0.1) is 32.7 Å². The summed E-state index contributed by atoms with van der Waals surface area (Å²) in [6.07, 6.45) is 5.56. The number of esters is 1. The van der Waals surface area contributed by atoms with Gasteiger partial charge in [-0.1, -0.05) is 30.3 Å². The highest BCUT2D eigenvalue weighted by Gasteiger charge is 2.23. The van der Waals surface area contributed by atoms with Crippen molar-refractivity contribution in [2.24, 2.45) is 0 Å². The van der Waals surface area contributed by atoms with Crippen LogP contribution >= 0.6 is 11.3 Å². The molecule has 1 saturated heterocycles. The number of amides is 1. The average Bonchev–Trinajstić information content (AvgIpc) is 2.94. The van der Waals surface area contributed by atoms with Crippen molar-refractivity contribution < 1.29 is 19.2 Å². The number of carbonyl (C=O) groups is 2. The third kappa shape index (κ3) is 5.42. The van der Waals surface area contributed by atoms with E-state index in [1.165, 1.54) is 41.9 Å². The third-order valence-corrected chi connectivity index (χ3v) is 6.02. The number of hydrogen-bond donors (Lipinski definition) is 2. The van der Waals surface area contributed by atoms with Gasteiger partial charge < -0.3 is 15.0 Å². The van der Waals surface area contributed by atoms with E-state index in [9.17, 15) is 9.59 Å². The lowest BCUT2D eigenvalue weighted by Crippen LogP contribution is -3.12. The quantitative estimate of drug-likeness (QED) is 0.700. The number of anilines is 1. The minimum atomic E-state index is -0.393. The molecule has 0 saturated carbocycles. The molecule has 0 radical (unpaired) electrons.